The van der Waals surface area contributed by atoms with Crippen LogP contribution in [0.4, 0.5) is 0 Å². The van der Waals surface area contributed by atoms with E-state index in [1.807, 2.05) is 50.2 Å². The lowest BCUT2D eigenvalue weighted by Crippen LogP contribution is -2.50. The van der Waals surface area contributed by atoms with Crippen molar-refractivity contribution in [3.8, 4) is 11.4 Å². The van der Waals surface area contributed by atoms with Crippen LogP contribution in [-0.2, 0) is 0 Å². The number of aryl methyl sites for hydroxylation is 2. The first-order chi connectivity index (χ1) is 14.0. The Balaban J connectivity index is 1.39. The molecule has 0 bridgehead atoms. The molecule has 0 unspecified atom stereocenters. The minimum Gasteiger partial charge on any atom is -0.335 e. The van der Waals surface area contributed by atoms with Crippen LogP contribution in [0.3, 0.4) is 0 Å². The predicted molar refractivity (Wildman–Crippen MR) is 110 cm³/mol. The van der Waals surface area contributed by atoms with E-state index in [2.05, 4.69) is 15.2 Å². The van der Waals surface area contributed by atoms with Crippen LogP contribution in [-0.4, -0.2) is 63.0 Å². The van der Waals surface area contributed by atoms with Gasteiger partial charge in [-0.25, -0.2) is 0 Å². The fourth-order valence-corrected chi connectivity index (χ4v) is 3.42. The smallest absolute Gasteiger partial charge is 0.272 e. The summed E-state index contributed by atoms with van der Waals surface area (Å²) in [4.78, 5) is 33.4. The van der Waals surface area contributed by atoms with Gasteiger partial charge in [0.2, 0.25) is 0 Å². The summed E-state index contributed by atoms with van der Waals surface area (Å²) < 4.78 is 0. The highest BCUT2D eigenvalue weighted by molar-refractivity contribution is 5.95. The van der Waals surface area contributed by atoms with Crippen LogP contribution in [0.25, 0.3) is 11.4 Å². The van der Waals surface area contributed by atoms with Crippen molar-refractivity contribution in [2.24, 2.45) is 0 Å². The minimum atomic E-state index is -0.113. The Morgan fingerprint density at radius 2 is 1.59 bits per heavy atom. The number of hydrogen-bond donors (Lipinski definition) is 1. The fraction of sp³-hybridized carbons (Fsp3) is 0.273. The summed E-state index contributed by atoms with van der Waals surface area (Å²) in [6, 6.07) is 13.1. The van der Waals surface area contributed by atoms with Gasteiger partial charge in [-0.2, -0.15) is 5.10 Å². The quantitative estimate of drug-likeness (QED) is 0.747. The lowest BCUT2D eigenvalue weighted by Gasteiger charge is -2.34. The molecule has 148 valence electrons. The summed E-state index contributed by atoms with van der Waals surface area (Å²) in [6.45, 7) is 6.05. The van der Waals surface area contributed by atoms with Crippen molar-refractivity contribution >= 4 is 11.8 Å². The fourth-order valence-electron chi connectivity index (χ4n) is 3.42. The molecule has 1 aromatic carbocycles. The lowest BCUT2D eigenvalue weighted by molar-refractivity contribution is 0.0532. The van der Waals surface area contributed by atoms with Crippen molar-refractivity contribution < 1.29 is 9.59 Å². The monoisotopic (exact) mass is 389 g/mol. The van der Waals surface area contributed by atoms with Gasteiger partial charge in [-0.05, 0) is 55.3 Å². The molecule has 1 fully saturated rings. The molecule has 0 spiro atoms. The van der Waals surface area contributed by atoms with Gasteiger partial charge in [0.15, 0.2) is 0 Å². The van der Waals surface area contributed by atoms with Gasteiger partial charge in [-0.1, -0.05) is 12.1 Å². The topological polar surface area (TPSA) is 82.2 Å². The first-order valence-electron chi connectivity index (χ1n) is 9.65. The molecule has 2 aromatic heterocycles. The molecule has 3 aromatic rings. The molecule has 0 atom stereocenters. The zero-order chi connectivity index (χ0) is 20.4. The summed E-state index contributed by atoms with van der Waals surface area (Å²) in [5, 5.41) is 7.01. The van der Waals surface area contributed by atoms with E-state index in [4.69, 9.17) is 0 Å². The van der Waals surface area contributed by atoms with Gasteiger partial charge in [0, 0.05) is 37.9 Å². The van der Waals surface area contributed by atoms with Gasteiger partial charge in [0.25, 0.3) is 11.8 Å². The van der Waals surface area contributed by atoms with E-state index in [1.54, 1.807) is 22.1 Å². The van der Waals surface area contributed by atoms with Gasteiger partial charge in [0.1, 0.15) is 11.4 Å². The maximum Gasteiger partial charge on any atom is 0.272 e. The number of nitrogens with one attached hydrogen (secondary N) is 1. The standard InChI is InChI=1S/C22H23N5O2/c1-15-6-7-17(13-16(15)2)21(28)26-9-11-27(12-10-26)22(29)20-14-19(24-25-20)18-5-3-4-8-23-18/h3-8,13-14H,9-12H2,1-2H3,(H,24,25). The van der Waals surface area contributed by atoms with Crippen LogP contribution in [0.5, 0.6) is 0 Å². The molecule has 1 aliphatic heterocycles. The normalized spacial score (nSPS) is 14.1. The summed E-state index contributed by atoms with van der Waals surface area (Å²) in [6.07, 6.45) is 1.69. The van der Waals surface area contributed by atoms with Crippen LogP contribution >= 0.6 is 0 Å². The van der Waals surface area contributed by atoms with Crippen LogP contribution in [0, 0.1) is 13.8 Å². The number of carbonyl (C=O) groups is 2. The summed E-state index contributed by atoms with van der Waals surface area (Å²) in [5.74, 6) is -0.0999. The molecule has 2 amide bonds. The average molecular weight is 389 g/mol. The Morgan fingerprint density at radius 1 is 0.862 bits per heavy atom. The molecule has 0 radical (unpaired) electrons. The number of carbonyl (C=O) groups excluding carboxylic acids is 2. The zero-order valence-electron chi connectivity index (χ0n) is 16.6. The molecule has 4 rings (SSSR count). The van der Waals surface area contributed by atoms with Crippen molar-refractivity contribution in [2.45, 2.75) is 13.8 Å². The van der Waals surface area contributed by atoms with Crippen molar-refractivity contribution in [1.82, 2.24) is 25.0 Å². The highest BCUT2D eigenvalue weighted by Crippen LogP contribution is 2.17. The van der Waals surface area contributed by atoms with Gasteiger partial charge < -0.3 is 9.80 Å². The van der Waals surface area contributed by atoms with Crippen molar-refractivity contribution in [3.05, 3.63) is 71.0 Å². The Morgan fingerprint density at radius 3 is 2.24 bits per heavy atom. The van der Waals surface area contributed by atoms with Gasteiger partial charge in [-0.15, -0.1) is 0 Å². The van der Waals surface area contributed by atoms with Crippen LogP contribution in [0.15, 0.2) is 48.7 Å². The average Bonchev–Trinajstić information content (AvgIpc) is 3.26. The maximum atomic E-state index is 12.8. The van der Waals surface area contributed by atoms with Gasteiger partial charge in [0.05, 0.1) is 5.69 Å². The summed E-state index contributed by atoms with van der Waals surface area (Å²) in [7, 11) is 0. The number of rotatable bonds is 3. The van der Waals surface area contributed by atoms with E-state index in [9.17, 15) is 9.59 Å². The third-order valence-corrected chi connectivity index (χ3v) is 5.34. The van der Waals surface area contributed by atoms with Crippen LogP contribution in [0.1, 0.15) is 32.0 Å². The Bertz CT molecular complexity index is 1040. The third kappa shape index (κ3) is 3.89. The molecule has 0 aliphatic carbocycles. The number of H-pyrrole nitrogens is 1. The number of pyridine rings is 1. The number of amides is 2. The van der Waals surface area contributed by atoms with E-state index < -0.39 is 0 Å². The molecule has 1 aliphatic rings. The van der Waals surface area contributed by atoms with Crippen LogP contribution in [0.2, 0.25) is 0 Å². The molecule has 29 heavy (non-hydrogen) atoms. The second-order valence-electron chi connectivity index (χ2n) is 7.27. The van der Waals surface area contributed by atoms with Crippen molar-refractivity contribution in [2.75, 3.05) is 26.2 Å². The largest absolute Gasteiger partial charge is 0.335 e. The molecule has 7 nitrogen and oxygen atoms in total. The second kappa shape index (κ2) is 7.87. The van der Waals surface area contributed by atoms with E-state index >= 15 is 0 Å². The highest BCUT2D eigenvalue weighted by Gasteiger charge is 2.26. The van der Waals surface area contributed by atoms with E-state index in [1.165, 1.54) is 5.56 Å². The van der Waals surface area contributed by atoms with E-state index in [-0.39, 0.29) is 11.8 Å². The Hall–Kier alpha value is -3.48. The number of aromatic amines is 1. The second-order valence-corrected chi connectivity index (χ2v) is 7.27. The van der Waals surface area contributed by atoms with Gasteiger partial charge in [-0.3, -0.25) is 19.7 Å². The lowest BCUT2D eigenvalue weighted by atomic mass is 10.1. The molecular formula is C22H23N5O2. The minimum absolute atomic E-state index is 0.0131. The number of piperazine rings is 1. The van der Waals surface area contributed by atoms with E-state index in [0.717, 1.165) is 5.56 Å². The molecule has 3 heterocycles. The molecule has 1 N–H and O–H groups in total. The first-order valence-corrected chi connectivity index (χ1v) is 9.65. The predicted octanol–water partition coefficient (Wildman–Crippen LogP) is 2.69. The maximum absolute atomic E-state index is 12.8. The number of nitrogens with zero attached hydrogens (tertiary/aromatic N) is 4. The Labute approximate surface area is 169 Å². The van der Waals surface area contributed by atoms with Crippen molar-refractivity contribution in [3.63, 3.8) is 0 Å². The zero-order valence-corrected chi connectivity index (χ0v) is 16.6. The van der Waals surface area contributed by atoms with Crippen molar-refractivity contribution in [1.29, 1.82) is 0 Å². The SMILES string of the molecule is Cc1ccc(C(=O)N2CCN(C(=O)c3cc(-c4ccccn4)n[nH]3)CC2)cc1C. The summed E-state index contributed by atoms with van der Waals surface area (Å²) >= 11 is 0. The molecule has 0 saturated carbocycles. The van der Waals surface area contributed by atoms with Crippen LogP contribution < -0.4 is 0 Å². The first kappa shape index (κ1) is 18.9. The number of aromatic nitrogens is 3. The number of hydrogen-bond acceptors (Lipinski definition) is 4. The highest BCUT2D eigenvalue weighted by atomic mass is 16.2. The number of benzene rings is 1. The molecular weight excluding hydrogens is 366 g/mol. The summed E-state index contributed by atoms with van der Waals surface area (Å²) in [5.41, 5.74) is 4.75. The van der Waals surface area contributed by atoms with Gasteiger partial charge >= 0.3 is 0 Å². The third-order valence-electron chi connectivity index (χ3n) is 5.34. The van der Waals surface area contributed by atoms with E-state index in [0.29, 0.717) is 48.8 Å². The molecule has 1 saturated heterocycles. The molecule has 7 heteroatoms. The Kier molecular flexibility index (Phi) is 5.12.